The summed E-state index contributed by atoms with van der Waals surface area (Å²) >= 11 is 0. The van der Waals surface area contributed by atoms with Crippen LogP contribution in [0.3, 0.4) is 0 Å². The normalized spacial score (nSPS) is 10.4. The van der Waals surface area contributed by atoms with Crippen LogP contribution in [0, 0.1) is 12.3 Å². The Morgan fingerprint density at radius 1 is 0.962 bits per heavy atom. The summed E-state index contributed by atoms with van der Waals surface area (Å²) in [6.45, 7) is 0. The molecule has 0 atom stereocenters. The average Bonchev–Trinajstić information content (AvgIpc) is 2.68. The van der Waals surface area contributed by atoms with Gasteiger partial charge in [-0.3, -0.25) is 4.98 Å². The van der Waals surface area contributed by atoms with Gasteiger partial charge >= 0.3 is 0 Å². The Kier molecular flexibility index (Phi) is 3.92. The molecule has 0 unspecified atom stereocenters. The van der Waals surface area contributed by atoms with Crippen molar-refractivity contribution in [1.29, 1.82) is 0 Å². The number of anilines is 3. The number of fused-ring (bicyclic) bond motifs is 1. The van der Waals surface area contributed by atoms with E-state index in [1.165, 1.54) is 0 Å². The van der Waals surface area contributed by atoms with Crippen molar-refractivity contribution in [2.75, 3.05) is 11.1 Å². The van der Waals surface area contributed by atoms with E-state index in [9.17, 15) is 0 Å². The van der Waals surface area contributed by atoms with Gasteiger partial charge in [0.2, 0.25) is 5.95 Å². The molecule has 124 valence electrons. The molecule has 3 N–H and O–H groups in total. The largest absolute Gasteiger partial charge is 0.368 e. The summed E-state index contributed by atoms with van der Waals surface area (Å²) in [5.41, 5.74) is 10.1. The molecule has 26 heavy (non-hydrogen) atoms. The van der Waals surface area contributed by atoms with Crippen LogP contribution in [0.2, 0.25) is 0 Å². The highest BCUT2D eigenvalue weighted by Gasteiger charge is 2.10. The fraction of sp³-hybridized carbons (Fsp3) is 0. The predicted molar refractivity (Wildman–Crippen MR) is 105 cm³/mol. The third-order valence-corrected chi connectivity index (χ3v) is 4.00. The number of terminal acetylenes is 1. The van der Waals surface area contributed by atoms with Gasteiger partial charge in [-0.15, -0.1) is 6.42 Å². The molecule has 0 amide bonds. The summed E-state index contributed by atoms with van der Waals surface area (Å²) in [5, 5.41) is 4.33. The van der Waals surface area contributed by atoms with Crippen LogP contribution in [0.1, 0.15) is 5.56 Å². The van der Waals surface area contributed by atoms with Crippen molar-refractivity contribution < 1.29 is 0 Å². The number of aromatic nitrogens is 3. The van der Waals surface area contributed by atoms with Gasteiger partial charge in [-0.2, -0.15) is 4.98 Å². The molecule has 5 heteroatoms. The fourth-order valence-corrected chi connectivity index (χ4v) is 2.75. The zero-order chi connectivity index (χ0) is 17.9. The van der Waals surface area contributed by atoms with Gasteiger partial charge in [-0.05, 0) is 29.8 Å². The first-order valence-corrected chi connectivity index (χ1v) is 8.04. The first-order valence-electron chi connectivity index (χ1n) is 8.04. The maximum Gasteiger partial charge on any atom is 0.221 e. The van der Waals surface area contributed by atoms with Crippen molar-refractivity contribution in [2.45, 2.75) is 0 Å². The Bertz CT molecular complexity index is 1140. The number of benzene rings is 2. The minimum atomic E-state index is 0.193. The molecule has 0 aliphatic heterocycles. The van der Waals surface area contributed by atoms with Crippen molar-refractivity contribution in [1.82, 2.24) is 15.0 Å². The van der Waals surface area contributed by atoms with E-state index in [1.54, 1.807) is 12.4 Å². The summed E-state index contributed by atoms with van der Waals surface area (Å²) in [6, 6.07) is 17.6. The number of hydrogen-bond acceptors (Lipinski definition) is 5. The number of pyridine rings is 1. The highest BCUT2D eigenvalue weighted by Crippen LogP contribution is 2.29. The lowest BCUT2D eigenvalue weighted by atomic mass is 10.1. The molecule has 5 nitrogen and oxygen atoms in total. The highest BCUT2D eigenvalue weighted by atomic mass is 15.1. The first kappa shape index (κ1) is 15.6. The lowest BCUT2D eigenvalue weighted by molar-refractivity contribution is 1.18. The Hall–Kier alpha value is -3.91. The maximum atomic E-state index is 5.80. The SMILES string of the molecule is C#Cc1cccc(-c2cnc(N)nc2Nc2cnc3ccccc3c2)c1. The number of nitrogens with one attached hydrogen (secondary N) is 1. The zero-order valence-electron chi connectivity index (χ0n) is 13.8. The maximum absolute atomic E-state index is 5.80. The third kappa shape index (κ3) is 3.04. The molecule has 0 bridgehead atoms. The van der Waals surface area contributed by atoms with E-state index in [2.05, 4.69) is 26.2 Å². The Morgan fingerprint density at radius 2 is 1.85 bits per heavy atom. The number of hydrogen-bond donors (Lipinski definition) is 2. The van der Waals surface area contributed by atoms with Crippen LogP contribution in [0.5, 0.6) is 0 Å². The second kappa shape index (κ2) is 6.54. The monoisotopic (exact) mass is 337 g/mol. The minimum absolute atomic E-state index is 0.193. The van der Waals surface area contributed by atoms with Gasteiger partial charge in [0, 0.05) is 22.7 Å². The predicted octanol–water partition coefficient (Wildman–Crippen LogP) is 4.00. The van der Waals surface area contributed by atoms with Crippen molar-refractivity contribution >= 4 is 28.4 Å². The van der Waals surface area contributed by atoms with E-state index in [0.29, 0.717) is 5.82 Å². The Balaban J connectivity index is 1.77. The number of nitrogens with zero attached hydrogens (tertiary/aromatic N) is 3. The third-order valence-electron chi connectivity index (χ3n) is 4.00. The summed E-state index contributed by atoms with van der Waals surface area (Å²) in [6.07, 6.45) is 8.97. The number of para-hydroxylation sites is 1. The van der Waals surface area contributed by atoms with E-state index in [4.69, 9.17) is 12.2 Å². The van der Waals surface area contributed by atoms with Gasteiger partial charge in [0.15, 0.2) is 0 Å². The Morgan fingerprint density at radius 3 is 2.73 bits per heavy atom. The molecular weight excluding hydrogens is 322 g/mol. The van der Waals surface area contributed by atoms with Gasteiger partial charge in [0.25, 0.3) is 0 Å². The molecule has 0 spiro atoms. The van der Waals surface area contributed by atoms with E-state index in [1.807, 2.05) is 54.6 Å². The number of nitrogens with two attached hydrogens (primary N) is 1. The number of rotatable bonds is 3. The first-order chi connectivity index (χ1) is 12.7. The standard InChI is InChI=1S/C21H15N5/c1-2-14-6-5-8-15(10-14)18-13-24-21(22)26-20(18)25-17-11-16-7-3-4-9-19(16)23-12-17/h1,3-13H,(H3,22,24,25,26). The van der Waals surface area contributed by atoms with Crippen LogP contribution in [0.15, 0.2) is 67.0 Å². The topological polar surface area (TPSA) is 76.7 Å². The van der Waals surface area contributed by atoms with Gasteiger partial charge in [0.05, 0.1) is 17.4 Å². The molecule has 0 saturated carbocycles. The molecular formula is C21H15N5. The van der Waals surface area contributed by atoms with Crippen LogP contribution in [-0.4, -0.2) is 15.0 Å². The second-order valence-electron chi connectivity index (χ2n) is 5.76. The average molecular weight is 337 g/mol. The van der Waals surface area contributed by atoms with Crippen LogP contribution in [0.4, 0.5) is 17.5 Å². The van der Waals surface area contributed by atoms with E-state index in [-0.39, 0.29) is 5.95 Å². The van der Waals surface area contributed by atoms with Crippen molar-refractivity contribution in [3.63, 3.8) is 0 Å². The van der Waals surface area contributed by atoms with Crippen LogP contribution < -0.4 is 11.1 Å². The molecule has 2 aromatic carbocycles. The van der Waals surface area contributed by atoms with E-state index in [0.717, 1.165) is 33.3 Å². The summed E-state index contributed by atoms with van der Waals surface area (Å²) in [4.78, 5) is 12.9. The fourth-order valence-electron chi connectivity index (χ4n) is 2.75. The molecule has 2 heterocycles. The minimum Gasteiger partial charge on any atom is -0.368 e. The molecule has 0 aliphatic rings. The summed E-state index contributed by atoms with van der Waals surface area (Å²) in [7, 11) is 0. The molecule has 2 aromatic heterocycles. The van der Waals surface area contributed by atoms with E-state index < -0.39 is 0 Å². The molecule has 0 radical (unpaired) electrons. The van der Waals surface area contributed by atoms with Crippen molar-refractivity contribution in [3.05, 3.63) is 72.6 Å². The van der Waals surface area contributed by atoms with Gasteiger partial charge in [-0.25, -0.2) is 4.98 Å². The van der Waals surface area contributed by atoms with Gasteiger partial charge in [-0.1, -0.05) is 36.3 Å². The van der Waals surface area contributed by atoms with E-state index >= 15 is 0 Å². The van der Waals surface area contributed by atoms with Crippen LogP contribution in [0.25, 0.3) is 22.0 Å². The van der Waals surface area contributed by atoms with Gasteiger partial charge in [0.1, 0.15) is 5.82 Å². The smallest absolute Gasteiger partial charge is 0.221 e. The summed E-state index contributed by atoms with van der Waals surface area (Å²) < 4.78 is 0. The highest BCUT2D eigenvalue weighted by molar-refractivity contribution is 5.84. The molecule has 0 saturated heterocycles. The van der Waals surface area contributed by atoms with Crippen molar-refractivity contribution in [2.24, 2.45) is 0 Å². The zero-order valence-corrected chi connectivity index (χ0v) is 13.8. The van der Waals surface area contributed by atoms with Gasteiger partial charge < -0.3 is 11.1 Å². The lowest BCUT2D eigenvalue weighted by Gasteiger charge is -2.12. The van der Waals surface area contributed by atoms with Crippen LogP contribution >= 0.6 is 0 Å². The second-order valence-corrected chi connectivity index (χ2v) is 5.76. The van der Waals surface area contributed by atoms with Crippen molar-refractivity contribution in [3.8, 4) is 23.5 Å². The molecule has 0 aliphatic carbocycles. The lowest BCUT2D eigenvalue weighted by Crippen LogP contribution is -2.02. The quantitative estimate of drug-likeness (QED) is 0.553. The Labute approximate surface area is 151 Å². The molecule has 4 aromatic rings. The molecule has 4 rings (SSSR count). The summed E-state index contributed by atoms with van der Waals surface area (Å²) in [5.74, 6) is 3.44. The number of nitrogen functional groups attached to an aromatic ring is 1. The molecule has 0 fully saturated rings. The van der Waals surface area contributed by atoms with Crippen LogP contribution in [-0.2, 0) is 0 Å².